The van der Waals surface area contributed by atoms with Gasteiger partial charge in [0, 0.05) is 17.1 Å². The SMILES string of the molecule is Cc1cc2nc3s/c(=C\c4cc(C)n(-c5cc(C(=O)O)cc(C(=O)O)c5)c4C)c(=O)n3c2cc1C. The highest BCUT2D eigenvalue weighted by Gasteiger charge is 2.17. The fourth-order valence-electron chi connectivity index (χ4n) is 4.38. The Morgan fingerprint density at radius 1 is 0.914 bits per heavy atom. The third kappa shape index (κ3) is 3.60. The van der Waals surface area contributed by atoms with E-state index >= 15 is 0 Å². The molecule has 2 aromatic carbocycles. The molecule has 0 aliphatic carbocycles. The summed E-state index contributed by atoms with van der Waals surface area (Å²) in [6, 6.07) is 9.85. The Morgan fingerprint density at radius 3 is 2.17 bits per heavy atom. The van der Waals surface area contributed by atoms with Crippen LogP contribution in [-0.2, 0) is 0 Å². The Morgan fingerprint density at radius 2 is 1.54 bits per heavy atom. The highest BCUT2D eigenvalue weighted by atomic mass is 32.1. The van der Waals surface area contributed by atoms with Gasteiger partial charge in [-0.15, -0.1) is 0 Å². The van der Waals surface area contributed by atoms with Crippen LogP contribution in [0.4, 0.5) is 0 Å². The molecule has 0 spiro atoms. The van der Waals surface area contributed by atoms with E-state index in [-0.39, 0.29) is 16.7 Å². The number of benzene rings is 2. The minimum atomic E-state index is -1.21. The van der Waals surface area contributed by atoms with E-state index in [1.54, 1.807) is 15.0 Å². The molecule has 5 aromatic rings. The van der Waals surface area contributed by atoms with Gasteiger partial charge in [-0.25, -0.2) is 19.0 Å². The van der Waals surface area contributed by atoms with Crippen molar-refractivity contribution in [2.45, 2.75) is 27.7 Å². The normalized spacial score (nSPS) is 12.2. The zero-order valence-electron chi connectivity index (χ0n) is 19.4. The smallest absolute Gasteiger partial charge is 0.335 e. The van der Waals surface area contributed by atoms with Crippen molar-refractivity contribution in [3.8, 4) is 5.69 Å². The summed E-state index contributed by atoms with van der Waals surface area (Å²) in [7, 11) is 0. The number of aryl methyl sites for hydroxylation is 3. The van der Waals surface area contributed by atoms with Crippen LogP contribution in [0.2, 0.25) is 0 Å². The minimum Gasteiger partial charge on any atom is -0.478 e. The van der Waals surface area contributed by atoms with Crippen molar-refractivity contribution >= 4 is 45.3 Å². The van der Waals surface area contributed by atoms with Crippen molar-refractivity contribution in [2.24, 2.45) is 0 Å². The molecule has 0 unspecified atom stereocenters. The van der Waals surface area contributed by atoms with E-state index in [0.29, 0.717) is 15.2 Å². The van der Waals surface area contributed by atoms with Crippen LogP contribution in [-0.4, -0.2) is 36.1 Å². The van der Waals surface area contributed by atoms with Crippen molar-refractivity contribution in [3.63, 3.8) is 0 Å². The summed E-state index contributed by atoms with van der Waals surface area (Å²) in [5.74, 6) is -2.42. The van der Waals surface area contributed by atoms with Gasteiger partial charge in [0.1, 0.15) is 0 Å². The van der Waals surface area contributed by atoms with Crippen LogP contribution in [0.25, 0.3) is 27.8 Å². The fourth-order valence-corrected chi connectivity index (χ4v) is 5.36. The van der Waals surface area contributed by atoms with E-state index in [2.05, 4.69) is 4.98 Å². The Balaban J connectivity index is 1.69. The molecule has 0 aliphatic heterocycles. The standard InChI is InChI=1S/C26H21N3O5S/c1-12-5-20-21(6-13(12)2)29-23(30)22(35-26(29)27-20)11-16-7-14(3)28(15(16)4)19-9-17(24(31)32)8-18(10-19)25(33)34/h5-11H,1-4H3,(H,31,32)(H,33,34)/b22-11-. The van der Waals surface area contributed by atoms with E-state index in [9.17, 15) is 24.6 Å². The molecule has 2 N–H and O–H groups in total. The predicted molar refractivity (Wildman–Crippen MR) is 134 cm³/mol. The third-order valence-corrected chi connectivity index (χ3v) is 7.25. The number of fused-ring (bicyclic) bond motifs is 3. The lowest BCUT2D eigenvalue weighted by molar-refractivity contribution is 0.0696. The Bertz CT molecular complexity index is 1790. The van der Waals surface area contributed by atoms with Crippen molar-refractivity contribution in [2.75, 3.05) is 0 Å². The second-order valence-electron chi connectivity index (χ2n) is 8.61. The van der Waals surface area contributed by atoms with E-state index in [1.807, 2.05) is 45.9 Å². The number of rotatable bonds is 4. The highest BCUT2D eigenvalue weighted by Crippen LogP contribution is 2.25. The van der Waals surface area contributed by atoms with E-state index in [4.69, 9.17) is 0 Å². The van der Waals surface area contributed by atoms with Gasteiger partial charge in [0.15, 0.2) is 4.96 Å². The van der Waals surface area contributed by atoms with Gasteiger partial charge in [-0.05, 0) is 86.9 Å². The number of hydrogen-bond donors (Lipinski definition) is 2. The van der Waals surface area contributed by atoms with Crippen LogP contribution in [0.15, 0.2) is 41.2 Å². The second kappa shape index (κ2) is 7.92. The molecule has 0 saturated heterocycles. The monoisotopic (exact) mass is 487 g/mol. The van der Waals surface area contributed by atoms with E-state index in [1.165, 1.54) is 23.5 Å². The van der Waals surface area contributed by atoms with Gasteiger partial charge in [-0.2, -0.15) is 0 Å². The molecule has 176 valence electrons. The summed E-state index contributed by atoms with van der Waals surface area (Å²) in [5.41, 5.74) is 6.12. The third-order valence-electron chi connectivity index (χ3n) is 6.28. The maximum atomic E-state index is 13.3. The van der Waals surface area contributed by atoms with Crippen molar-refractivity contribution in [1.82, 2.24) is 14.0 Å². The number of carbonyl (C=O) groups is 2. The zero-order valence-corrected chi connectivity index (χ0v) is 20.2. The molecular weight excluding hydrogens is 466 g/mol. The first-order chi connectivity index (χ1) is 16.5. The molecule has 0 aliphatic rings. The molecule has 0 bridgehead atoms. The van der Waals surface area contributed by atoms with Crippen LogP contribution in [0, 0.1) is 27.7 Å². The topological polar surface area (TPSA) is 114 Å². The lowest BCUT2D eigenvalue weighted by Gasteiger charge is -2.12. The molecular formula is C26H21N3O5S. The minimum absolute atomic E-state index is 0.114. The molecule has 3 heterocycles. The Kier molecular flexibility index (Phi) is 5.10. The van der Waals surface area contributed by atoms with Crippen molar-refractivity contribution < 1.29 is 19.8 Å². The molecule has 0 amide bonds. The summed E-state index contributed by atoms with van der Waals surface area (Å²) in [6.07, 6.45) is 1.80. The molecule has 0 saturated carbocycles. The number of aromatic carboxylic acids is 2. The number of carboxylic acids is 2. The quantitative estimate of drug-likeness (QED) is 0.398. The number of nitrogens with zero attached hydrogens (tertiary/aromatic N) is 3. The van der Waals surface area contributed by atoms with Gasteiger partial charge in [0.2, 0.25) is 0 Å². The van der Waals surface area contributed by atoms with Gasteiger partial charge in [-0.3, -0.25) is 4.79 Å². The Labute approximate surface area is 203 Å². The maximum absolute atomic E-state index is 13.3. The van der Waals surface area contributed by atoms with Gasteiger partial charge in [-0.1, -0.05) is 11.3 Å². The lowest BCUT2D eigenvalue weighted by Crippen LogP contribution is -2.22. The lowest BCUT2D eigenvalue weighted by atomic mass is 10.1. The average Bonchev–Trinajstić information content (AvgIpc) is 3.38. The molecule has 0 fully saturated rings. The maximum Gasteiger partial charge on any atom is 0.335 e. The van der Waals surface area contributed by atoms with Crippen LogP contribution < -0.4 is 10.1 Å². The number of thiazole rings is 1. The number of aromatic nitrogens is 3. The largest absolute Gasteiger partial charge is 0.478 e. The zero-order chi connectivity index (χ0) is 25.2. The Hall–Kier alpha value is -4.24. The molecule has 9 heteroatoms. The first-order valence-electron chi connectivity index (χ1n) is 10.8. The van der Waals surface area contributed by atoms with Crippen LogP contribution >= 0.6 is 11.3 Å². The molecule has 0 atom stereocenters. The first kappa shape index (κ1) is 22.5. The molecule has 3 aromatic heterocycles. The van der Waals surface area contributed by atoms with Gasteiger partial charge >= 0.3 is 11.9 Å². The van der Waals surface area contributed by atoms with E-state index in [0.717, 1.165) is 45.2 Å². The second-order valence-corrected chi connectivity index (χ2v) is 9.62. The average molecular weight is 488 g/mol. The summed E-state index contributed by atoms with van der Waals surface area (Å²) in [5, 5.41) is 18.9. The molecule has 0 radical (unpaired) electrons. The van der Waals surface area contributed by atoms with Crippen molar-refractivity contribution in [1.29, 1.82) is 0 Å². The first-order valence-corrected chi connectivity index (χ1v) is 11.6. The van der Waals surface area contributed by atoms with Gasteiger partial charge in [0.25, 0.3) is 5.56 Å². The van der Waals surface area contributed by atoms with Crippen LogP contribution in [0.3, 0.4) is 0 Å². The number of hydrogen-bond acceptors (Lipinski definition) is 5. The van der Waals surface area contributed by atoms with Gasteiger partial charge < -0.3 is 14.8 Å². The van der Waals surface area contributed by atoms with Crippen LogP contribution in [0.5, 0.6) is 0 Å². The number of carboxylic acid groups (broad SMARTS) is 2. The summed E-state index contributed by atoms with van der Waals surface area (Å²) in [6.45, 7) is 7.70. The summed E-state index contributed by atoms with van der Waals surface area (Å²) < 4.78 is 3.95. The van der Waals surface area contributed by atoms with E-state index < -0.39 is 11.9 Å². The van der Waals surface area contributed by atoms with Crippen LogP contribution in [0.1, 0.15) is 48.8 Å². The van der Waals surface area contributed by atoms with Crippen molar-refractivity contribution in [3.05, 3.63) is 90.5 Å². The van der Waals surface area contributed by atoms with Gasteiger partial charge in [0.05, 0.1) is 26.7 Å². The number of imidazole rings is 1. The molecule has 5 rings (SSSR count). The molecule has 8 nitrogen and oxygen atoms in total. The summed E-state index contributed by atoms with van der Waals surface area (Å²) in [4.78, 5) is 41.6. The summed E-state index contributed by atoms with van der Waals surface area (Å²) >= 11 is 1.31. The fraction of sp³-hybridized carbons (Fsp3) is 0.154. The molecule has 35 heavy (non-hydrogen) atoms. The predicted octanol–water partition coefficient (Wildman–Crippen LogP) is 3.88. The highest BCUT2D eigenvalue weighted by molar-refractivity contribution is 7.15.